The van der Waals surface area contributed by atoms with Crippen molar-refractivity contribution in [3.8, 4) is 0 Å². The van der Waals surface area contributed by atoms with Gasteiger partial charge >= 0.3 is 0 Å². The molecule has 0 aromatic carbocycles. The van der Waals surface area contributed by atoms with Crippen LogP contribution in [0.5, 0.6) is 0 Å². The Morgan fingerprint density at radius 3 is 2.11 bits per heavy atom. The predicted octanol–water partition coefficient (Wildman–Crippen LogP) is 0.0725. The number of likely N-dealkylation sites (tertiary alicyclic amines) is 1. The third-order valence-corrected chi connectivity index (χ3v) is 4.19. The molecular formula is C14H30N2O3. The van der Waals surface area contributed by atoms with Gasteiger partial charge in [-0.3, -0.25) is 4.90 Å². The van der Waals surface area contributed by atoms with Crippen molar-refractivity contribution in [2.24, 2.45) is 5.73 Å². The van der Waals surface area contributed by atoms with Gasteiger partial charge in [-0.15, -0.1) is 0 Å². The fourth-order valence-corrected chi connectivity index (χ4v) is 2.99. The molecule has 1 saturated heterocycles. The number of unbranched alkanes of at least 4 members (excludes halogenated alkanes) is 5. The lowest BCUT2D eigenvalue weighted by Gasteiger charge is -2.28. The first-order chi connectivity index (χ1) is 9.17. The van der Waals surface area contributed by atoms with Crippen molar-refractivity contribution in [2.75, 3.05) is 19.7 Å². The topological polar surface area (TPSA) is 90.0 Å². The Hall–Kier alpha value is -0.200. The van der Waals surface area contributed by atoms with Crippen LogP contribution in [0, 0.1) is 0 Å². The van der Waals surface area contributed by atoms with Gasteiger partial charge in [-0.2, -0.15) is 0 Å². The van der Waals surface area contributed by atoms with Crippen molar-refractivity contribution in [2.45, 2.75) is 69.7 Å². The number of nitrogens with zero attached hydrogens (tertiary/aromatic N) is 1. The second-order valence-electron chi connectivity index (χ2n) is 5.54. The van der Waals surface area contributed by atoms with Crippen LogP contribution in [0.25, 0.3) is 0 Å². The predicted molar refractivity (Wildman–Crippen MR) is 75.8 cm³/mol. The third kappa shape index (κ3) is 4.39. The van der Waals surface area contributed by atoms with E-state index in [9.17, 15) is 15.3 Å². The highest BCUT2D eigenvalue weighted by atomic mass is 16.3. The van der Waals surface area contributed by atoms with E-state index in [-0.39, 0.29) is 18.7 Å². The summed E-state index contributed by atoms with van der Waals surface area (Å²) in [5, 5.41) is 29.2. The number of rotatable bonds is 9. The highest BCUT2D eigenvalue weighted by Crippen LogP contribution is 2.25. The Morgan fingerprint density at radius 1 is 0.947 bits per heavy atom. The van der Waals surface area contributed by atoms with Crippen molar-refractivity contribution in [3.63, 3.8) is 0 Å². The van der Waals surface area contributed by atoms with Gasteiger partial charge in [0.25, 0.3) is 0 Å². The van der Waals surface area contributed by atoms with Crippen molar-refractivity contribution >= 4 is 0 Å². The van der Waals surface area contributed by atoms with Crippen molar-refractivity contribution < 1.29 is 15.3 Å². The van der Waals surface area contributed by atoms with Crippen molar-refractivity contribution in [1.82, 2.24) is 4.90 Å². The quantitative estimate of drug-likeness (QED) is 0.447. The van der Waals surface area contributed by atoms with Gasteiger partial charge in [-0.05, 0) is 13.0 Å². The Morgan fingerprint density at radius 2 is 1.53 bits per heavy atom. The zero-order valence-corrected chi connectivity index (χ0v) is 12.0. The van der Waals surface area contributed by atoms with Crippen LogP contribution in [0.1, 0.15) is 45.4 Å². The molecule has 1 fully saturated rings. The molecule has 5 heteroatoms. The highest BCUT2D eigenvalue weighted by Gasteiger charge is 2.45. The number of hydrogen-bond acceptors (Lipinski definition) is 5. The van der Waals surface area contributed by atoms with Crippen LogP contribution in [-0.2, 0) is 0 Å². The summed E-state index contributed by atoms with van der Waals surface area (Å²) in [5.41, 5.74) is 5.67. The molecule has 114 valence electrons. The fraction of sp³-hybridized carbons (Fsp3) is 1.00. The van der Waals surface area contributed by atoms with Gasteiger partial charge in [-0.1, -0.05) is 39.0 Å². The largest absolute Gasteiger partial charge is 0.395 e. The molecule has 0 radical (unpaired) electrons. The zero-order valence-electron chi connectivity index (χ0n) is 12.0. The van der Waals surface area contributed by atoms with Gasteiger partial charge in [-0.25, -0.2) is 0 Å². The Kier molecular flexibility index (Phi) is 7.87. The normalized spacial score (nSPS) is 32.1. The van der Waals surface area contributed by atoms with E-state index in [1.165, 1.54) is 25.7 Å². The highest BCUT2D eigenvalue weighted by molar-refractivity contribution is 5.00. The summed E-state index contributed by atoms with van der Waals surface area (Å²) in [7, 11) is 0. The second kappa shape index (κ2) is 8.87. The number of nitrogens with two attached hydrogens (primary N) is 1. The molecule has 1 aliphatic rings. The van der Waals surface area contributed by atoms with Crippen LogP contribution in [0.15, 0.2) is 0 Å². The van der Waals surface area contributed by atoms with E-state index in [2.05, 4.69) is 6.92 Å². The summed E-state index contributed by atoms with van der Waals surface area (Å²) < 4.78 is 0. The molecule has 0 saturated carbocycles. The molecule has 5 nitrogen and oxygen atoms in total. The van der Waals surface area contributed by atoms with E-state index in [1.54, 1.807) is 0 Å². The summed E-state index contributed by atoms with van der Waals surface area (Å²) in [6, 6.07) is -0.609. The molecule has 0 bridgehead atoms. The summed E-state index contributed by atoms with van der Waals surface area (Å²) in [4.78, 5) is 1.98. The third-order valence-electron chi connectivity index (χ3n) is 4.19. The van der Waals surface area contributed by atoms with Gasteiger partial charge in [0.1, 0.15) is 0 Å². The van der Waals surface area contributed by atoms with Gasteiger partial charge < -0.3 is 21.1 Å². The van der Waals surface area contributed by atoms with Gasteiger partial charge in [0, 0.05) is 6.54 Å². The molecule has 0 aromatic rings. The van der Waals surface area contributed by atoms with E-state index in [0.29, 0.717) is 6.54 Å². The molecule has 19 heavy (non-hydrogen) atoms. The summed E-state index contributed by atoms with van der Waals surface area (Å²) in [5.74, 6) is 0. The average molecular weight is 274 g/mol. The maximum Gasteiger partial charge on any atom is 0.0992 e. The second-order valence-corrected chi connectivity index (χ2v) is 5.54. The fourth-order valence-electron chi connectivity index (χ4n) is 2.99. The van der Waals surface area contributed by atoms with Crippen molar-refractivity contribution in [3.05, 3.63) is 0 Å². The molecule has 0 unspecified atom stereocenters. The standard InChI is InChI=1S/C14H30N2O3/c1-2-3-4-5-6-7-8-16-11(9-15)13(18)14(19)12(16)10-17/h11-14,17-19H,2-10,15H2,1H3/t11-,12-,13-,14-/m1/s1. The first-order valence-electron chi connectivity index (χ1n) is 7.60. The van der Waals surface area contributed by atoms with Gasteiger partial charge in [0.2, 0.25) is 0 Å². The summed E-state index contributed by atoms with van der Waals surface area (Å²) in [6.45, 7) is 3.16. The molecule has 1 rings (SSSR count). The van der Waals surface area contributed by atoms with Crippen LogP contribution >= 0.6 is 0 Å². The average Bonchev–Trinajstić information content (AvgIpc) is 2.65. The maximum absolute atomic E-state index is 9.92. The number of hydrogen-bond donors (Lipinski definition) is 4. The lowest BCUT2D eigenvalue weighted by molar-refractivity contribution is 0.0184. The minimum absolute atomic E-state index is 0.134. The lowest BCUT2D eigenvalue weighted by Crippen LogP contribution is -2.45. The minimum Gasteiger partial charge on any atom is -0.395 e. The smallest absolute Gasteiger partial charge is 0.0992 e. The van der Waals surface area contributed by atoms with Gasteiger partial charge in [0.05, 0.1) is 30.9 Å². The monoisotopic (exact) mass is 274 g/mol. The molecule has 5 N–H and O–H groups in total. The zero-order chi connectivity index (χ0) is 14.3. The molecular weight excluding hydrogens is 244 g/mol. The molecule has 0 aliphatic carbocycles. The maximum atomic E-state index is 9.92. The van der Waals surface area contributed by atoms with E-state index in [1.807, 2.05) is 4.90 Å². The molecule has 0 spiro atoms. The Bertz CT molecular complexity index is 225. The van der Waals surface area contributed by atoms with Crippen molar-refractivity contribution in [1.29, 1.82) is 0 Å². The van der Waals surface area contributed by atoms with Gasteiger partial charge in [0.15, 0.2) is 0 Å². The molecule has 0 amide bonds. The van der Waals surface area contributed by atoms with Crippen LogP contribution in [-0.4, -0.2) is 64.2 Å². The SMILES string of the molecule is CCCCCCCCN1[C@H](CN)[C@@H](O)[C@H](O)[C@H]1CO. The summed E-state index contributed by atoms with van der Waals surface area (Å²) >= 11 is 0. The van der Waals surface area contributed by atoms with E-state index < -0.39 is 12.2 Å². The summed E-state index contributed by atoms with van der Waals surface area (Å²) in [6.07, 6.45) is 5.46. The van der Waals surface area contributed by atoms with E-state index >= 15 is 0 Å². The molecule has 4 atom stereocenters. The Balaban J connectivity index is 2.36. The van der Waals surface area contributed by atoms with Crippen LogP contribution in [0.2, 0.25) is 0 Å². The van der Waals surface area contributed by atoms with E-state index in [0.717, 1.165) is 19.4 Å². The first kappa shape index (κ1) is 16.9. The first-order valence-corrected chi connectivity index (χ1v) is 7.60. The minimum atomic E-state index is -0.890. The van der Waals surface area contributed by atoms with Crippen LogP contribution < -0.4 is 5.73 Å². The number of aliphatic hydroxyl groups is 3. The van der Waals surface area contributed by atoms with Crippen LogP contribution in [0.3, 0.4) is 0 Å². The molecule has 0 aromatic heterocycles. The van der Waals surface area contributed by atoms with E-state index in [4.69, 9.17) is 5.73 Å². The number of aliphatic hydroxyl groups excluding tert-OH is 3. The van der Waals surface area contributed by atoms with Crippen LogP contribution in [0.4, 0.5) is 0 Å². The molecule has 1 heterocycles. The lowest BCUT2D eigenvalue weighted by atomic mass is 10.1. The Labute approximate surface area is 116 Å². The molecule has 1 aliphatic heterocycles.